The quantitative estimate of drug-likeness (QED) is 0.458. The second-order valence-corrected chi connectivity index (χ2v) is 8.46. The highest BCUT2D eigenvalue weighted by molar-refractivity contribution is 5.96. The molecule has 4 rings (SSSR count). The molecule has 5 heteroatoms. The summed E-state index contributed by atoms with van der Waals surface area (Å²) < 4.78 is 1.43. The van der Waals surface area contributed by atoms with Crippen molar-refractivity contribution in [1.29, 1.82) is 0 Å². The van der Waals surface area contributed by atoms with E-state index in [2.05, 4.69) is 4.98 Å². The number of aryl methyl sites for hydroxylation is 1. The monoisotopic (exact) mass is 426 g/mol. The van der Waals surface area contributed by atoms with Gasteiger partial charge in [-0.2, -0.15) is 0 Å². The van der Waals surface area contributed by atoms with Gasteiger partial charge in [0.15, 0.2) is 5.78 Å². The van der Waals surface area contributed by atoms with Gasteiger partial charge in [0.1, 0.15) is 0 Å². The van der Waals surface area contributed by atoms with E-state index in [1.54, 1.807) is 12.1 Å². The first-order chi connectivity index (χ1) is 15.3. The van der Waals surface area contributed by atoms with Crippen LogP contribution >= 0.6 is 0 Å². The van der Waals surface area contributed by atoms with Gasteiger partial charge in [0.25, 0.3) is 5.56 Å². The van der Waals surface area contributed by atoms with E-state index in [0.717, 1.165) is 21.9 Å². The van der Waals surface area contributed by atoms with E-state index in [1.807, 2.05) is 75.4 Å². The average Bonchev–Trinajstić information content (AvgIpc) is 2.76. The summed E-state index contributed by atoms with van der Waals surface area (Å²) in [6.07, 6.45) is 0.384. The number of carbonyl (C=O) groups is 1. The topological polar surface area (TPSA) is 71.9 Å². The van der Waals surface area contributed by atoms with Gasteiger partial charge in [-0.25, -0.2) is 4.79 Å². The summed E-state index contributed by atoms with van der Waals surface area (Å²) in [4.78, 5) is 41.0. The molecule has 0 atom stereocenters. The molecular formula is C27H26N2O3. The van der Waals surface area contributed by atoms with Gasteiger partial charge in [0, 0.05) is 23.2 Å². The summed E-state index contributed by atoms with van der Waals surface area (Å²) in [6.45, 7) is 5.68. The van der Waals surface area contributed by atoms with Crippen molar-refractivity contribution in [2.75, 3.05) is 0 Å². The highest BCUT2D eigenvalue weighted by Gasteiger charge is 2.20. The minimum absolute atomic E-state index is 0.106. The maximum atomic E-state index is 13.0. The van der Waals surface area contributed by atoms with Crippen molar-refractivity contribution in [2.45, 2.75) is 39.7 Å². The van der Waals surface area contributed by atoms with E-state index < -0.39 is 5.69 Å². The van der Waals surface area contributed by atoms with Crippen LogP contribution in [0.1, 0.15) is 52.5 Å². The first kappa shape index (κ1) is 21.5. The number of aromatic nitrogens is 2. The maximum Gasteiger partial charge on any atom is 0.328 e. The Bertz CT molecular complexity index is 1400. The number of benzene rings is 3. The van der Waals surface area contributed by atoms with E-state index in [9.17, 15) is 14.4 Å². The molecule has 3 aromatic carbocycles. The molecule has 0 aliphatic carbocycles. The predicted molar refractivity (Wildman–Crippen MR) is 128 cm³/mol. The lowest BCUT2D eigenvalue weighted by Crippen LogP contribution is -2.37. The molecule has 0 unspecified atom stereocenters. The molecule has 4 aromatic rings. The van der Waals surface area contributed by atoms with Crippen LogP contribution in [0.5, 0.6) is 0 Å². The fourth-order valence-electron chi connectivity index (χ4n) is 4.19. The first-order valence-corrected chi connectivity index (χ1v) is 10.8. The van der Waals surface area contributed by atoms with E-state index in [4.69, 9.17) is 0 Å². The minimum Gasteiger partial charge on any atom is -0.292 e. The Morgan fingerprint density at radius 2 is 1.62 bits per heavy atom. The average molecular weight is 427 g/mol. The Balaban J connectivity index is 1.86. The van der Waals surface area contributed by atoms with Gasteiger partial charge >= 0.3 is 5.69 Å². The summed E-state index contributed by atoms with van der Waals surface area (Å²) in [5, 5.41) is 2.15. The van der Waals surface area contributed by atoms with Crippen molar-refractivity contribution in [1.82, 2.24) is 9.55 Å². The van der Waals surface area contributed by atoms with E-state index >= 15 is 0 Å². The number of ketones is 1. The predicted octanol–water partition coefficient (Wildman–Crippen LogP) is 4.60. The van der Waals surface area contributed by atoms with Crippen molar-refractivity contribution >= 4 is 16.6 Å². The van der Waals surface area contributed by atoms with Crippen LogP contribution in [0, 0.1) is 6.92 Å². The van der Waals surface area contributed by atoms with Gasteiger partial charge in [-0.15, -0.1) is 0 Å². The largest absolute Gasteiger partial charge is 0.328 e. The maximum absolute atomic E-state index is 13.0. The molecule has 0 spiro atoms. The number of nitrogens with zero attached hydrogens (tertiary/aromatic N) is 1. The van der Waals surface area contributed by atoms with Crippen LogP contribution in [-0.2, 0) is 13.0 Å². The lowest BCUT2D eigenvalue weighted by molar-refractivity contribution is 0.0969. The molecule has 0 bridgehead atoms. The Labute approximate surface area is 186 Å². The van der Waals surface area contributed by atoms with Gasteiger partial charge in [0.2, 0.25) is 0 Å². The van der Waals surface area contributed by atoms with Crippen molar-refractivity contribution < 1.29 is 4.79 Å². The number of H-pyrrole nitrogens is 1. The molecular weight excluding hydrogens is 400 g/mol. The van der Waals surface area contributed by atoms with Gasteiger partial charge < -0.3 is 0 Å². The van der Waals surface area contributed by atoms with Crippen LogP contribution in [0.3, 0.4) is 0 Å². The third kappa shape index (κ3) is 4.19. The van der Waals surface area contributed by atoms with Crippen LogP contribution < -0.4 is 11.2 Å². The Morgan fingerprint density at radius 1 is 0.938 bits per heavy atom. The van der Waals surface area contributed by atoms with Crippen LogP contribution in [0.25, 0.3) is 10.8 Å². The molecule has 32 heavy (non-hydrogen) atoms. The zero-order chi connectivity index (χ0) is 22.8. The number of fused-ring (bicyclic) bond motifs is 1. The highest BCUT2D eigenvalue weighted by Crippen LogP contribution is 2.24. The van der Waals surface area contributed by atoms with Crippen molar-refractivity contribution in [3.63, 3.8) is 0 Å². The Morgan fingerprint density at radius 3 is 2.34 bits per heavy atom. The number of aromatic amines is 1. The second kappa shape index (κ2) is 8.79. The molecule has 0 aliphatic rings. The normalized spacial score (nSPS) is 11.2. The standard InChI is InChI=1S/C27H26N2O3/c1-17(2)25-23(15-21-9-6-8-19-7-4-5-10-22(19)21)29(27(32)28-26(25)31)16-24(30)20-13-11-18(3)12-14-20/h4-14,17H,15-16H2,1-3H3,(H,28,31,32). The number of Topliss-reactive ketones (excluding diaryl/α,β-unsaturated/α-hetero) is 1. The third-order valence-electron chi connectivity index (χ3n) is 5.84. The lowest BCUT2D eigenvalue weighted by Gasteiger charge is -2.19. The molecule has 1 aromatic heterocycles. The van der Waals surface area contributed by atoms with E-state index in [0.29, 0.717) is 23.2 Å². The molecule has 0 saturated carbocycles. The zero-order valence-corrected chi connectivity index (χ0v) is 18.5. The summed E-state index contributed by atoms with van der Waals surface area (Å²) in [5.41, 5.74) is 2.78. The fourth-order valence-corrected chi connectivity index (χ4v) is 4.19. The number of nitrogens with one attached hydrogen (secondary N) is 1. The molecule has 0 saturated heterocycles. The summed E-state index contributed by atoms with van der Waals surface area (Å²) >= 11 is 0. The molecule has 0 fully saturated rings. The van der Waals surface area contributed by atoms with Crippen LogP contribution in [0.4, 0.5) is 0 Å². The van der Waals surface area contributed by atoms with Crippen molar-refractivity contribution in [3.05, 3.63) is 116 Å². The van der Waals surface area contributed by atoms with Gasteiger partial charge in [0.05, 0.1) is 6.54 Å². The van der Waals surface area contributed by atoms with Crippen molar-refractivity contribution in [2.24, 2.45) is 0 Å². The molecule has 1 heterocycles. The molecule has 0 aliphatic heterocycles. The van der Waals surface area contributed by atoms with Crippen LogP contribution in [0.15, 0.2) is 76.3 Å². The van der Waals surface area contributed by atoms with Crippen LogP contribution in [0.2, 0.25) is 0 Å². The fraction of sp³-hybridized carbons (Fsp3) is 0.222. The Kier molecular flexibility index (Phi) is 5.91. The highest BCUT2D eigenvalue weighted by atomic mass is 16.2. The number of hydrogen-bond acceptors (Lipinski definition) is 3. The van der Waals surface area contributed by atoms with Gasteiger partial charge in [-0.1, -0.05) is 86.1 Å². The summed E-state index contributed by atoms with van der Waals surface area (Å²) in [7, 11) is 0. The minimum atomic E-state index is -0.560. The SMILES string of the molecule is Cc1ccc(C(=O)Cn2c(Cc3cccc4ccccc34)c(C(C)C)c(=O)[nH]c2=O)cc1. The van der Waals surface area contributed by atoms with Crippen LogP contribution in [-0.4, -0.2) is 15.3 Å². The Hall–Kier alpha value is -3.73. The second-order valence-electron chi connectivity index (χ2n) is 8.46. The van der Waals surface area contributed by atoms with E-state index in [1.165, 1.54) is 4.57 Å². The summed E-state index contributed by atoms with van der Waals surface area (Å²) in [5.74, 6) is -0.280. The molecule has 0 amide bonds. The molecule has 162 valence electrons. The molecule has 5 nitrogen and oxygen atoms in total. The zero-order valence-electron chi connectivity index (χ0n) is 18.5. The van der Waals surface area contributed by atoms with Gasteiger partial charge in [-0.3, -0.25) is 19.1 Å². The third-order valence-corrected chi connectivity index (χ3v) is 5.84. The molecule has 1 N–H and O–H groups in total. The summed E-state index contributed by atoms with van der Waals surface area (Å²) in [6, 6.07) is 21.3. The van der Waals surface area contributed by atoms with Gasteiger partial charge in [-0.05, 0) is 29.2 Å². The molecule has 0 radical (unpaired) electrons. The first-order valence-electron chi connectivity index (χ1n) is 10.8. The number of hydrogen-bond donors (Lipinski definition) is 1. The number of rotatable bonds is 6. The lowest BCUT2D eigenvalue weighted by atomic mass is 9.95. The smallest absolute Gasteiger partial charge is 0.292 e. The van der Waals surface area contributed by atoms with Crippen molar-refractivity contribution in [3.8, 4) is 0 Å². The number of carbonyl (C=O) groups excluding carboxylic acids is 1. The van der Waals surface area contributed by atoms with E-state index in [-0.39, 0.29) is 23.8 Å².